The van der Waals surface area contributed by atoms with E-state index in [0.717, 1.165) is 24.0 Å². The van der Waals surface area contributed by atoms with Gasteiger partial charge in [0.2, 0.25) is 5.91 Å². The quantitative estimate of drug-likeness (QED) is 0.550. The molecule has 0 atom stereocenters. The van der Waals surface area contributed by atoms with Gasteiger partial charge in [-0.05, 0) is 45.1 Å². The van der Waals surface area contributed by atoms with Crippen LogP contribution in [0.25, 0.3) is 0 Å². The Kier molecular flexibility index (Phi) is 6.27. The molecular formula is C22H29NO5. The summed E-state index contributed by atoms with van der Waals surface area (Å²) in [5, 5.41) is 13.7. The van der Waals surface area contributed by atoms with Gasteiger partial charge >= 0.3 is 5.97 Å². The van der Waals surface area contributed by atoms with Crippen molar-refractivity contribution in [1.29, 1.82) is 0 Å². The first kappa shape index (κ1) is 20.2. The number of phenolic OH excluding ortho intramolecular Hbond substituents is 1. The monoisotopic (exact) mass is 387 g/mol. The highest BCUT2D eigenvalue weighted by Gasteiger charge is 2.31. The van der Waals surface area contributed by atoms with E-state index in [1.165, 1.54) is 12.8 Å². The summed E-state index contributed by atoms with van der Waals surface area (Å²) >= 11 is 0. The van der Waals surface area contributed by atoms with Gasteiger partial charge in [0.1, 0.15) is 23.7 Å². The maximum atomic E-state index is 12.1. The highest BCUT2D eigenvalue weighted by Crippen LogP contribution is 2.42. The van der Waals surface area contributed by atoms with Gasteiger partial charge in [-0.25, -0.2) is 4.79 Å². The number of benzene rings is 1. The van der Waals surface area contributed by atoms with E-state index in [9.17, 15) is 14.7 Å². The van der Waals surface area contributed by atoms with Crippen LogP contribution in [0.1, 0.15) is 72.5 Å². The van der Waals surface area contributed by atoms with E-state index in [1.807, 2.05) is 19.9 Å². The van der Waals surface area contributed by atoms with Crippen molar-refractivity contribution >= 4 is 11.9 Å². The van der Waals surface area contributed by atoms with Gasteiger partial charge in [0, 0.05) is 23.6 Å². The van der Waals surface area contributed by atoms with Crippen LogP contribution in [-0.2, 0) is 22.6 Å². The Bertz CT molecular complexity index is 806. The standard InChI is InChI=1S/C22H29NO5/c1-13(9-11-18(24)23-15-6-4-5-7-15)8-10-16-20(25)19-17(12-28-22(19)26)14(2)21(16)27-3/h8,15,25H,4-7,9-12H2,1-3H3,(H,23,24)/b13-8+. The molecule has 152 valence electrons. The van der Waals surface area contributed by atoms with Crippen molar-refractivity contribution < 1.29 is 24.2 Å². The van der Waals surface area contributed by atoms with Gasteiger partial charge in [-0.1, -0.05) is 24.5 Å². The fourth-order valence-electron chi connectivity index (χ4n) is 4.09. The summed E-state index contributed by atoms with van der Waals surface area (Å²) in [6.07, 6.45) is 8.08. The number of hydrogen-bond acceptors (Lipinski definition) is 5. The number of esters is 1. The number of allylic oxidation sites excluding steroid dienone is 2. The molecule has 2 N–H and O–H groups in total. The maximum Gasteiger partial charge on any atom is 0.342 e. The van der Waals surface area contributed by atoms with E-state index in [-0.39, 0.29) is 23.8 Å². The van der Waals surface area contributed by atoms with E-state index in [0.29, 0.717) is 42.2 Å². The third kappa shape index (κ3) is 4.16. The molecule has 3 rings (SSSR count). The molecule has 1 fully saturated rings. The van der Waals surface area contributed by atoms with Crippen molar-refractivity contribution in [1.82, 2.24) is 5.32 Å². The molecule has 0 bridgehead atoms. The summed E-state index contributed by atoms with van der Waals surface area (Å²) in [5.74, 6) is 0.112. The average molecular weight is 387 g/mol. The molecule has 1 heterocycles. The van der Waals surface area contributed by atoms with E-state index < -0.39 is 5.97 Å². The zero-order valence-corrected chi connectivity index (χ0v) is 16.9. The summed E-state index contributed by atoms with van der Waals surface area (Å²) in [5.41, 5.74) is 3.39. The molecule has 1 saturated carbocycles. The molecule has 1 aromatic rings. The highest BCUT2D eigenvalue weighted by molar-refractivity contribution is 5.98. The number of methoxy groups -OCH3 is 1. The third-order valence-corrected chi connectivity index (χ3v) is 5.77. The molecule has 0 unspecified atom stereocenters. The number of amides is 1. The lowest BCUT2D eigenvalue weighted by Gasteiger charge is -2.16. The summed E-state index contributed by atoms with van der Waals surface area (Å²) in [6, 6.07) is 0.340. The molecule has 0 saturated heterocycles. The van der Waals surface area contributed by atoms with Gasteiger partial charge in [-0.3, -0.25) is 4.79 Å². The maximum absolute atomic E-state index is 12.1. The average Bonchev–Trinajstić information content (AvgIpc) is 3.31. The van der Waals surface area contributed by atoms with Gasteiger partial charge in [0.25, 0.3) is 0 Å². The minimum absolute atomic E-state index is 0.0667. The zero-order valence-electron chi connectivity index (χ0n) is 16.9. The van der Waals surface area contributed by atoms with Crippen molar-refractivity contribution in [3.8, 4) is 11.5 Å². The lowest BCUT2D eigenvalue weighted by Crippen LogP contribution is -2.32. The van der Waals surface area contributed by atoms with Crippen molar-refractivity contribution in [3.63, 3.8) is 0 Å². The molecule has 0 spiro atoms. The first-order valence-corrected chi connectivity index (χ1v) is 9.95. The van der Waals surface area contributed by atoms with Crippen molar-refractivity contribution in [2.75, 3.05) is 7.11 Å². The number of phenols is 1. The van der Waals surface area contributed by atoms with Crippen LogP contribution in [0.4, 0.5) is 0 Å². The SMILES string of the molecule is COc1c(C)c2c(c(O)c1C/C=C(\C)CCC(=O)NC1CCCC1)C(=O)OC2. The number of rotatable bonds is 7. The fourth-order valence-corrected chi connectivity index (χ4v) is 4.09. The van der Waals surface area contributed by atoms with E-state index in [4.69, 9.17) is 9.47 Å². The van der Waals surface area contributed by atoms with Crippen LogP contribution in [0.5, 0.6) is 11.5 Å². The Morgan fingerprint density at radius 2 is 2.04 bits per heavy atom. The molecule has 6 nitrogen and oxygen atoms in total. The summed E-state index contributed by atoms with van der Waals surface area (Å²) in [7, 11) is 1.55. The van der Waals surface area contributed by atoms with Gasteiger partial charge in [-0.15, -0.1) is 0 Å². The van der Waals surface area contributed by atoms with Crippen LogP contribution in [0, 0.1) is 6.92 Å². The second-order valence-electron chi connectivity index (χ2n) is 7.72. The zero-order chi connectivity index (χ0) is 20.3. The second kappa shape index (κ2) is 8.67. The number of ether oxygens (including phenoxy) is 2. The topological polar surface area (TPSA) is 84.9 Å². The smallest absolute Gasteiger partial charge is 0.342 e. The lowest BCUT2D eigenvalue weighted by atomic mass is 9.94. The van der Waals surface area contributed by atoms with Gasteiger partial charge in [0.05, 0.1) is 7.11 Å². The summed E-state index contributed by atoms with van der Waals surface area (Å²) in [6.45, 7) is 4.00. The minimum Gasteiger partial charge on any atom is -0.507 e. The molecule has 1 aliphatic heterocycles. The molecule has 1 aromatic carbocycles. The van der Waals surface area contributed by atoms with Crippen LogP contribution in [0.15, 0.2) is 11.6 Å². The largest absolute Gasteiger partial charge is 0.507 e. The van der Waals surface area contributed by atoms with E-state index >= 15 is 0 Å². The van der Waals surface area contributed by atoms with Gasteiger partial charge < -0.3 is 19.9 Å². The number of aromatic hydroxyl groups is 1. The molecule has 2 aliphatic rings. The normalized spacial score (nSPS) is 16.8. The molecule has 6 heteroatoms. The molecule has 28 heavy (non-hydrogen) atoms. The van der Waals surface area contributed by atoms with Crippen LogP contribution in [0.3, 0.4) is 0 Å². The molecule has 0 aromatic heterocycles. The Labute approximate surface area is 165 Å². The Hall–Kier alpha value is -2.50. The van der Waals surface area contributed by atoms with Crippen LogP contribution >= 0.6 is 0 Å². The van der Waals surface area contributed by atoms with Crippen molar-refractivity contribution in [2.24, 2.45) is 0 Å². The first-order chi connectivity index (χ1) is 13.4. The highest BCUT2D eigenvalue weighted by atomic mass is 16.5. The molecule has 0 radical (unpaired) electrons. The van der Waals surface area contributed by atoms with Crippen LogP contribution in [0.2, 0.25) is 0 Å². The third-order valence-electron chi connectivity index (χ3n) is 5.77. The molecule has 1 amide bonds. The molecule has 1 aliphatic carbocycles. The van der Waals surface area contributed by atoms with Crippen molar-refractivity contribution in [3.05, 3.63) is 33.9 Å². The van der Waals surface area contributed by atoms with Crippen molar-refractivity contribution in [2.45, 2.75) is 71.4 Å². The minimum atomic E-state index is -0.496. The van der Waals surface area contributed by atoms with Crippen LogP contribution in [-0.4, -0.2) is 30.1 Å². The Balaban J connectivity index is 1.67. The molecular weight excluding hydrogens is 358 g/mol. The Morgan fingerprint density at radius 1 is 1.32 bits per heavy atom. The fraction of sp³-hybridized carbons (Fsp3) is 0.545. The lowest BCUT2D eigenvalue weighted by molar-refractivity contribution is -0.121. The number of fused-ring (bicyclic) bond motifs is 1. The Morgan fingerprint density at radius 3 is 2.71 bits per heavy atom. The predicted octanol–water partition coefficient (Wildman–Crippen LogP) is 3.71. The second-order valence-corrected chi connectivity index (χ2v) is 7.72. The number of carbonyl (C=O) groups excluding carboxylic acids is 2. The number of carbonyl (C=O) groups is 2. The van der Waals surface area contributed by atoms with Gasteiger partial charge in [0.15, 0.2) is 0 Å². The number of nitrogens with one attached hydrogen (secondary N) is 1. The van der Waals surface area contributed by atoms with Crippen LogP contribution < -0.4 is 10.1 Å². The number of hydrogen-bond donors (Lipinski definition) is 2. The summed E-state index contributed by atoms with van der Waals surface area (Å²) in [4.78, 5) is 24.1. The summed E-state index contributed by atoms with van der Waals surface area (Å²) < 4.78 is 10.6. The van der Waals surface area contributed by atoms with Gasteiger partial charge in [-0.2, -0.15) is 0 Å². The van der Waals surface area contributed by atoms with E-state index in [1.54, 1.807) is 7.11 Å². The predicted molar refractivity (Wildman–Crippen MR) is 106 cm³/mol. The first-order valence-electron chi connectivity index (χ1n) is 9.95. The van der Waals surface area contributed by atoms with E-state index in [2.05, 4.69) is 5.32 Å². The number of cyclic esters (lactones) is 1.